The molecule has 4 rings (SSSR count). The molecule has 0 unspecified atom stereocenters. The van der Waals surface area contributed by atoms with Gasteiger partial charge in [-0.25, -0.2) is 0 Å². The Balaban J connectivity index is 1.81. The molecule has 7 heteroatoms. The third kappa shape index (κ3) is 3.78. The summed E-state index contributed by atoms with van der Waals surface area (Å²) < 4.78 is 24.7. The largest absolute Gasteiger partial charge is 0.459 e. The van der Waals surface area contributed by atoms with Crippen molar-refractivity contribution in [3.63, 3.8) is 0 Å². The van der Waals surface area contributed by atoms with Crippen LogP contribution in [0.5, 0.6) is 0 Å². The summed E-state index contributed by atoms with van der Waals surface area (Å²) in [6.45, 7) is 9.70. The molecule has 3 heterocycles. The van der Waals surface area contributed by atoms with Crippen molar-refractivity contribution in [2.75, 3.05) is 7.11 Å². The molecule has 32 heavy (non-hydrogen) atoms. The van der Waals surface area contributed by atoms with Crippen LogP contribution in [0.2, 0.25) is 0 Å². The summed E-state index contributed by atoms with van der Waals surface area (Å²) >= 11 is 0. The molecule has 10 atom stereocenters. The summed E-state index contributed by atoms with van der Waals surface area (Å²) in [7, 11) is 1.61. The second kappa shape index (κ2) is 8.24. The quantitative estimate of drug-likeness (QED) is 0.654. The smallest absolute Gasteiger partial charge is 0.309 e. The second-order valence-electron chi connectivity index (χ2n) is 11.3. The molecule has 3 saturated heterocycles. The maximum absolute atomic E-state index is 13.1. The van der Waals surface area contributed by atoms with Gasteiger partial charge < -0.3 is 24.1 Å². The van der Waals surface area contributed by atoms with E-state index < -0.39 is 22.9 Å². The Labute approximate surface area is 191 Å². The molecule has 0 spiro atoms. The number of fused-ring (bicyclic) bond motifs is 2. The Hall–Kier alpha value is -1.18. The van der Waals surface area contributed by atoms with E-state index in [9.17, 15) is 14.7 Å². The number of esters is 2. The minimum Gasteiger partial charge on any atom is -0.459 e. The predicted molar refractivity (Wildman–Crippen MR) is 117 cm³/mol. The number of rotatable bonds is 4. The molecule has 3 aliphatic heterocycles. The molecule has 0 aromatic heterocycles. The number of carbonyl (C=O) groups excluding carboxylic acids is 2. The van der Waals surface area contributed by atoms with Crippen LogP contribution in [0.1, 0.15) is 79.6 Å². The molecule has 0 radical (unpaired) electrons. The number of methoxy groups -OCH3 is 1. The fraction of sp³-hybridized carbons (Fsp3) is 0.920. The van der Waals surface area contributed by atoms with Gasteiger partial charge in [-0.3, -0.25) is 9.59 Å². The SMILES string of the molecule is CCCC(=O)O[C@]1(C)CC[C@@H]2[C@H]3[C@@H]1[C@H]1C[C@@](C)(O)[C@H](OC)CC[C@](C)(OC(=O)[C@@H]2C)[C@H]3O1. The average Bonchev–Trinajstić information content (AvgIpc) is 3.06. The summed E-state index contributed by atoms with van der Waals surface area (Å²) in [6.07, 6.45) is 3.04. The van der Waals surface area contributed by atoms with Crippen molar-refractivity contribution in [3.05, 3.63) is 0 Å². The third-order valence-corrected chi connectivity index (χ3v) is 8.91. The summed E-state index contributed by atoms with van der Waals surface area (Å²) in [5.74, 6) is -0.618. The van der Waals surface area contributed by atoms with Crippen molar-refractivity contribution in [1.29, 1.82) is 0 Å². The van der Waals surface area contributed by atoms with Gasteiger partial charge in [0.15, 0.2) is 0 Å². The number of hydrogen-bond acceptors (Lipinski definition) is 7. The molecule has 1 aliphatic carbocycles. The molecule has 0 aromatic carbocycles. The standard InChI is InChI=1S/C25H40O7/c1-7-8-18(26)31-24(4)11-9-15-14(2)22(27)32-25(5)12-10-17(29-6)23(3,28)13-16-20(24)19(15)21(25)30-16/h14-17,19-21,28H,7-13H2,1-6H3/t14-,15+,16-,17-,19+,20+,21+,23-,24-,25+/m1/s1. The van der Waals surface area contributed by atoms with Crippen LogP contribution < -0.4 is 0 Å². The molecule has 4 aliphatic rings. The highest BCUT2D eigenvalue weighted by atomic mass is 16.6. The van der Waals surface area contributed by atoms with Crippen molar-refractivity contribution in [2.24, 2.45) is 23.7 Å². The van der Waals surface area contributed by atoms with E-state index in [4.69, 9.17) is 18.9 Å². The van der Waals surface area contributed by atoms with E-state index in [1.165, 1.54) is 0 Å². The molecule has 0 aromatic rings. The van der Waals surface area contributed by atoms with Crippen molar-refractivity contribution < 1.29 is 33.6 Å². The van der Waals surface area contributed by atoms with Crippen LogP contribution in [0, 0.1) is 23.7 Å². The van der Waals surface area contributed by atoms with Crippen molar-refractivity contribution in [2.45, 2.75) is 115 Å². The van der Waals surface area contributed by atoms with Gasteiger partial charge in [-0.05, 0) is 58.8 Å². The summed E-state index contributed by atoms with van der Waals surface area (Å²) in [5, 5.41) is 11.4. The van der Waals surface area contributed by atoms with Gasteiger partial charge >= 0.3 is 11.9 Å². The lowest BCUT2D eigenvalue weighted by Crippen LogP contribution is -2.56. The summed E-state index contributed by atoms with van der Waals surface area (Å²) in [5.41, 5.74) is -2.64. The molecule has 2 bridgehead atoms. The van der Waals surface area contributed by atoms with Crippen LogP contribution in [-0.2, 0) is 28.5 Å². The van der Waals surface area contributed by atoms with Gasteiger partial charge in [0.05, 0.1) is 23.7 Å². The molecular formula is C25H40O7. The molecule has 7 nitrogen and oxygen atoms in total. The first kappa shape index (κ1) is 24.0. The van der Waals surface area contributed by atoms with E-state index in [-0.39, 0.29) is 47.8 Å². The van der Waals surface area contributed by atoms with Crippen molar-refractivity contribution in [3.8, 4) is 0 Å². The van der Waals surface area contributed by atoms with Gasteiger partial charge in [0.2, 0.25) is 0 Å². The van der Waals surface area contributed by atoms with Gasteiger partial charge in [-0.1, -0.05) is 13.8 Å². The Morgan fingerprint density at radius 1 is 1.22 bits per heavy atom. The molecule has 0 amide bonds. The number of hydrogen-bond donors (Lipinski definition) is 1. The Kier molecular flexibility index (Phi) is 6.17. The van der Waals surface area contributed by atoms with E-state index >= 15 is 0 Å². The fourth-order valence-corrected chi connectivity index (χ4v) is 7.24. The summed E-state index contributed by atoms with van der Waals surface area (Å²) in [4.78, 5) is 25.7. The van der Waals surface area contributed by atoms with Crippen molar-refractivity contribution in [1.82, 2.24) is 0 Å². The van der Waals surface area contributed by atoms with Crippen LogP contribution in [0.15, 0.2) is 0 Å². The molecular weight excluding hydrogens is 412 g/mol. The van der Waals surface area contributed by atoms with E-state index in [0.29, 0.717) is 32.1 Å². The normalized spacial score (nSPS) is 50.5. The first-order valence-electron chi connectivity index (χ1n) is 12.3. The average molecular weight is 453 g/mol. The number of aliphatic hydroxyl groups is 1. The number of ether oxygens (including phenoxy) is 4. The fourth-order valence-electron chi connectivity index (χ4n) is 7.24. The van der Waals surface area contributed by atoms with E-state index in [0.717, 1.165) is 12.8 Å². The first-order valence-corrected chi connectivity index (χ1v) is 12.3. The minimum atomic E-state index is -1.12. The molecule has 1 N–H and O–H groups in total. The Morgan fingerprint density at radius 2 is 1.94 bits per heavy atom. The molecule has 1 saturated carbocycles. The Bertz CT molecular complexity index is 751. The van der Waals surface area contributed by atoms with Crippen LogP contribution in [-0.4, -0.2) is 59.3 Å². The minimum absolute atomic E-state index is 0.0227. The maximum Gasteiger partial charge on any atom is 0.309 e. The number of carbonyl (C=O) groups is 2. The second-order valence-corrected chi connectivity index (χ2v) is 11.3. The van der Waals surface area contributed by atoms with Crippen LogP contribution >= 0.6 is 0 Å². The molecule has 4 fully saturated rings. The van der Waals surface area contributed by atoms with Gasteiger partial charge in [0.25, 0.3) is 0 Å². The van der Waals surface area contributed by atoms with Gasteiger partial charge in [-0.15, -0.1) is 0 Å². The maximum atomic E-state index is 13.1. The predicted octanol–water partition coefficient (Wildman–Crippen LogP) is 3.40. The lowest BCUT2D eigenvalue weighted by atomic mass is 9.57. The van der Waals surface area contributed by atoms with Crippen LogP contribution in [0.3, 0.4) is 0 Å². The highest BCUT2D eigenvalue weighted by Crippen LogP contribution is 2.60. The first-order chi connectivity index (χ1) is 15.0. The van der Waals surface area contributed by atoms with E-state index in [1.54, 1.807) is 14.0 Å². The third-order valence-electron chi connectivity index (χ3n) is 8.91. The zero-order valence-corrected chi connectivity index (χ0v) is 20.4. The van der Waals surface area contributed by atoms with Crippen molar-refractivity contribution >= 4 is 11.9 Å². The molecule has 182 valence electrons. The lowest BCUT2D eigenvalue weighted by Gasteiger charge is -2.49. The van der Waals surface area contributed by atoms with Gasteiger partial charge in [0.1, 0.15) is 17.3 Å². The monoisotopic (exact) mass is 452 g/mol. The lowest BCUT2D eigenvalue weighted by molar-refractivity contribution is -0.183. The summed E-state index contributed by atoms with van der Waals surface area (Å²) in [6, 6.07) is 0. The van der Waals surface area contributed by atoms with Crippen LogP contribution in [0.25, 0.3) is 0 Å². The van der Waals surface area contributed by atoms with Gasteiger partial charge in [-0.2, -0.15) is 0 Å². The van der Waals surface area contributed by atoms with E-state index in [2.05, 4.69) is 0 Å². The van der Waals surface area contributed by atoms with Gasteiger partial charge in [0, 0.05) is 31.8 Å². The Morgan fingerprint density at radius 3 is 2.59 bits per heavy atom. The zero-order valence-electron chi connectivity index (χ0n) is 20.4. The van der Waals surface area contributed by atoms with E-state index in [1.807, 2.05) is 27.7 Å². The topological polar surface area (TPSA) is 91.3 Å². The zero-order chi connectivity index (χ0) is 23.5. The highest BCUT2D eigenvalue weighted by Gasteiger charge is 2.67. The highest BCUT2D eigenvalue weighted by molar-refractivity contribution is 5.73. The van der Waals surface area contributed by atoms with Crippen LogP contribution in [0.4, 0.5) is 0 Å².